The van der Waals surface area contributed by atoms with Crippen molar-refractivity contribution in [3.8, 4) is 5.69 Å². The highest BCUT2D eigenvalue weighted by atomic mass is 19.1. The molecule has 5 nitrogen and oxygen atoms in total. The predicted molar refractivity (Wildman–Crippen MR) is 73.2 cm³/mol. The molecule has 0 spiro atoms. The maximum atomic E-state index is 13.2. The SMILES string of the molecule is Cc1c(C(=O)C=CN(C)C)nnn1-c1cccc(F)c1. The van der Waals surface area contributed by atoms with Gasteiger partial charge >= 0.3 is 0 Å². The summed E-state index contributed by atoms with van der Waals surface area (Å²) in [6.07, 6.45) is 3.07. The van der Waals surface area contributed by atoms with Gasteiger partial charge in [0, 0.05) is 26.4 Å². The van der Waals surface area contributed by atoms with Gasteiger partial charge < -0.3 is 4.90 Å². The lowest BCUT2D eigenvalue weighted by molar-refractivity contribution is 0.104. The van der Waals surface area contributed by atoms with Gasteiger partial charge in [-0.25, -0.2) is 9.07 Å². The van der Waals surface area contributed by atoms with Crippen LogP contribution in [-0.2, 0) is 0 Å². The minimum atomic E-state index is -0.363. The van der Waals surface area contributed by atoms with Crippen LogP contribution in [0.25, 0.3) is 5.69 Å². The van der Waals surface area contributed by atoms with Gasteiger partial charge in [0.1, 0.15) is 5.82 Å². The molecule has 0 atom stereocenters. The number of carbonyl (C=O) groups is 1. The Morgan fingerprint density at radius 3 is 2.80 bits per heavy atom. The number of benzene rings is 1. The van der Waals surface area contributed by atoms with Gasteiger partial charge in [0.2, 0.25) is 5.78 Å². The first kappa shape index (κ1) is 13.9. The van der Waals surface area contributed by atoms with E-state index >= 15 is 0 Å². The summed E-state index contributed by atoms with van der Waals surface area (Å²) in [6, 6.07) is 5.97. The van der Waals surface area contributed by atoms with Crippen LogP contribution < -0.4 is 0 Å². The smallest absolute Gasteiger partial charge is 0.209 e. The van der Waals surface area contributed by atoms with Gasteiger partial charge in [-0.2, -0.15) is 0 Å². The van der Waals surface area contributed by atoms with E-state index in [0.717, 1.165) is 0 Å². The molecule has 20 heavy (non-hydrogen) atoms. The third-order valence-electron chi connectivity index (χ3n) is 2.70. The molecule has 0 aliphatic heterocycles. The summed E-state index contributed by atoms with van der Waals surface area (Å²) in [5.74, 6) is -0.600. The third kappa shape index (κ3) is 2.90. The van der Waals surface area contributed by atoms with Crippen molar-refractivity contribution in [1.29, 1.82) is 0 Å². The Balaban J connectivity index is 2.34. The fourth-order valence-corrected chi connectivity index (χ4v) is 1.71. The van der Waals surface area contributed by atoms with E-state index in [4.69, 9.17) is 0 Å². The second-order valence-corrected chi connectivity index (χ2v) is 4.56. The number of nitrogens with zero attached hydrogens (tertiary/aromatic N) is 4. The zero-order valence-electron chi connectivity index (χ0n) is 11.5. The molecular weight excluding hydrogens is 259 g/mol. The summed E-state index contributed by atoms with van der Waals surface area (Å²) in [4.78, 5) is 13.7. The Morgan fingerprint density at radius 1 is 1.40 bits per heavy atom. The van der Waals surface area contributed by atoms with Crippen molar-refractivity contribution in [2.45, 2.75) is 6.92 Å². The molecule has 0 amide bonds. The van der Waals surface area contributed by atoms with E-state index < -0.39 is 0 Å². The Bertz CT molecular complexity index is 661. The zero-order chi connectivity index (χ0) is 14.7. The first-order valence-electron chi connectivity index (χ1n) is 6.06. The zero-order valence-corrected chi connectivity index (χ0v) is 11.5. The van der Waals surface area contributed by atoms with E-state index in [2.05, 4.69) is 10.3 Å². The van der Waals surface area contributed by atoms with Crippen molar-refractivity contribution < 1.29 is 9.18 Å². The topological polar surface area (TPSA) is 51.0 Å². The lowest BCUT2D eigenvalue weighted by Gasteiger charge is -2.03. The Labute approximate surface area is 116 Å². The number of ketones is 1. The van der Waals surface area contributed by atoms with Crippen LogP contribution in [0.2, 0.25) is 0 Å². The largest absolute Gasteiger partial charge is 0.383 e. The van der Waals surface area contributed by atoms with Crippen molar-refractivity contribution in [1.82, 2.24) is 19.9 Å². The average Bonchev–Trinajstić information content (AvgIpc) is 2.78. The minimum absolute atomic E-state index is 0.237. The first-order valence-corrected chi connectivity index (χ1v) is 6.06. The van der Waals surface area contributed by atoms with Crippen molar-refractivity contribution in [2.75, 3.05) is 14.1 Å². The van der Waals surface area contributed by atoms with Gasteiger partial charge in [0.15, 0.2) is 5.69 Å². The van der Waals surface area contributed by atoms with Crippen LogP contribution in [0.5, 0.6) is 0 Å². The summed E-state index contributed by atoms with van der Waals surface area (Å²) in [5.41, 5.74) is 1.36. The van der Waals surface area contributed by atoms with Gasteiger partial charge in [0.25, 0.3) is 0 Å². The first-order chi connectivity index (χ1) is 9.49. The molecule has 0 N–H and O–H groups in total. The maximum Gasteiger partial charge on any atom is 0.209 e. The van der Waals surface area contributed by atoms with Crippen LogP contribution in [0, 0.1) is 12.7 Å². The molecule has 0 aliphatic carbocycles. The quantitative estimate of drug-likeness (QED) is 0.632. The molecule has 0 aliphatic rings. The van der Waals surface area contributed by atoms with E-state index in [1.54, 1.807) is 30.2 Å². The van der Waals surface area contributed by atoms with E-state index in [1.165, 1.54) is 22.9 Å². The summed E-state index contributed by atoms with van der Waals surface area (Å²) < 4.78 is 14.7. The van der Waals surface area contributed by atoms with Crippen LogP contribution in [-0.4, -0.2) is 39.8 Å². The van der Waals surface area contributed by atoms with Crippen LogP contribution in [0.1, 0.15) is 16.2 Å². The van der Waals surface area contributed by atoms with Gasteiger partial charge in [-0.15, -0.1) is 5.10 Å². The highest BCUT2D eigenvalue weighted by Gasteiger charge is 2.15. The van der Waals surface area contributed by atoms with Crippen LogP contribution in [0.15, 0.2) is 36.5 Å². The molecule has 0 bridgehead atoms. The van der Waals surface area contributed by atoms with E-state index in [0.29, 0.717) is 11.4 Å². The van der Waals surface area contributed by atoms with Crippen LogP contribution in [0.4, 0.5) is 4.39 Å². The standard InChI is InChI=1S/C14H15FN4O/c1-10-14(13(20)7-8-18(2)3)16-17-19(10)12-6-4-5-11(15)9-12/h4-9H,1-3H3. The molecular formula is C14H15FN4O. The van der Waals surface area contributed by atoms with Gasteiger partial charge in [-0.05, 0) is 25.1 Å². The van der Waals surface area contributed by atoms with E-state index in [-0.39, 0.29) is 17.3 Å². The summed E-state index contributed by atoms with van der Waals surface area (Å²) in [6.45, 7) is 1.72. The molecule has 104 valence electrons. The Kier molecular flexibility index (Phi) is 3.93. The molecule has 0 saturated carbocycles. The fourth-order valence-electron chi connectivity index (χ4n) is 1.71. The van der Waals surface area contributed by atoms with Crippen molar-refractivity contribution in [3.05, 3.63) is 53.7 Å². The van der Waals surface area contributed by atoms with Gasteiger partial charge in [0.05, 0.1) is 11.4 Å². The van der Waals surface area contributed by atoms with E-state index in [1.807, 2.05) is 14.1 Å². The molecule has 0 radical (unpaired) electrons. The fraction of sp³-hybridized carbons (Fsp3) is 0.214. The minimum Gasteiger partial charge on any atom is -0.383 e. The summed E-state index contributed by atoms with van der Waals surface area (Å²) in [5, 5.41) is 7.78. The van der Waals surface area contributed by atoms with Crippen molar-refractivity contribution >= 4 is 5.78 Å². The van der Waals surface area contributed by atoms with Gasteiger partial charge in [-0.3, -0.25) is 4.79 Å². The molecule has 1 aromatic heterocycles. The van der Waals surface area contributed by atoms with Crippen molar-refractivity contribution in [2.24, 2.45) is 0 Å². The summed E-state index contributed by atoms with van der Waals surface area (Å²) >= 11 is 0. The second kappa shape index (κ2) is 5.64. The molecule has 1 aromatic carbocycles. The number of aromatic nitrogens is 3. The predicted octanol–water partition coefficient (Wildman–Crippen LogP) is 1.97. The molecule has 0 fully saturated rings. The Morgan fingerprint density at radius 2 is 2.15 bits per heavy atom. The lowest BCUT2D eigenvalue weighted by Crippen LogP contribution is -2.05. The maximum absolute atomic E-state index is 13.2. The molecule has 0 saturated heterocycles. The lowest BCUT2D eigenvalue weighted by atomic mass is 10.2. The molecule has 2 rings (SSSR count). The highest BCUT2D eigenvalue weighted by molar-refractivity contribution is 6.03. The van der Waals surface area contributed by atoms with Crippen LogP contribution in [0.3, 0.4) is 0 Å². The molecule has 1 heterocycles. The monoisotopic (exact) mass is 274 g/mol. The molecule has 2 aromatic rings. The normalized spacial score (nSPS) is 11.0. The van der Waals surface area contributed by atoms with Crippen LogP contribution >= 0.6 is 0 Å². The van der Waals surface area contributed by atoms with Gasteiger partial charge in [-0.1, -0.05) is 11.3 Å². The van der Waals surface area contributed by atoms with E-state index in [9.17, 15) is 9.18 Å². The number of hydrogen-bond acceptors (Lipinski definition) is 4. The molecule has 6 heteroatoms. The number of halogens is 1. The van der Waals surface area contributed by atoms with Crippen molar-refractivity contribution in [3.63, 3.8) is 0 Å². The third-order valence-corrected chi connectivity index (χ3v) is 2.70. The number of allylic oxidation sites excluding steroid dienone is 1. The number of hydrogen-bond donors (Lipinski definition) is 0. The number of carbonyl (C=O) groups excluding carboxylic acids is 1. The second-order valence-electron chi connectivity index (χ2n) is 4.56. The summed E-state index contributed by atoms with van der Waals surface area (Å²) in [7, 11) is 3.64. The highest BCUT2D eigenvalue weighted by Crippen LogP contribution is 2.14. The Hall–Kier alpha value is -2.50. The molecule has 0 unspecified atom stereocenters. The average molecular weight is 274 g/mol. The number of rotatable bonds is 4.